The summed E-state index contributed by atoms with van der Waals surface area (Å²) in [5, 5.41) is 3.68. The van der Waals surface area contributed by atoms with Crippen molar-refractivity contribution < 1.29 is 14.3 Å². The molecule has 4 rings (SSSR count). The molecule has 6 nitrogen and oxygen atoms in total. The third-order valence-corrected chi connectivity index (χ3v) is 7.07. The first-order valence-corrected chi connectivity index (χ1v) is 12.1. The van der Waals surface area contributed by atoms with Gasteiger partial charge >= 0.3 is 5.97 Å². The molecular weight excluding hydrogens is 410 g/mol. The van der Waals surface area contributed by atoms with Crippen LogP contribution in [0.2, 0.25) is 0 Å². The molecule has 0 bridgehead atoms. The van der Waals surface area contributed by atoms with Crippen LogP contribution in [0.15, 0.2) is 30.3 Å². The topological polar surface area (TPSA) is 61.9 Å². The van der Waals surface area contributed by atoms with Crippen molar-refractivity contribution >= 4 is 28.2 Å². The third kappa shape index (κ3) is 5.53. The summed E-state index contributed by atoms with van der Waals surface area (Å²) < 4.78 is 5.34. The highest BCUT2D eigenvalue weighted by Crippen LogP contribution is 2.38. The highest BCUT2D eigenvalue weighted by molar-refractivity contribution is 7.17. The Morgan fingerprint density at radius 2 is 1.84 bits per heavy atom. The van der Waals surface area contributed by atoms with Crippen LogP contribution in [-0.2, 0) is 29.0 Å². The SMILES string of the molecule is CCOC(=O)c1c(NC(=O)CN2CCCCC2)sc2c1CCN(Cc1ccccc1)C2. The van der Waals surface area contributed by atoms with Gasteiger partial charge in [0.15, 0.2) is 0 Å². The largest absolute Gasteiger partial charge is 0.462 e. The molecule has 0 atom stereocenters. The first-order chi connectivity index (χ1) is 15.1. The number of piperidine rings is 1. The van der Waals surface area contributed by atoms with Gasteiger partial charge < -0.3 is 10.1 Å². The average molecular weight is 442 g/mol. The Hall–Kier alpha value is -2.22. The van der Waals surface area contributed by atoms with E-state index < -0.39 is 0 Å². The number of hydrogen-bond donors (Lipinski definition) is 1. The number of likely N-dealkylation sites (tertiary alicyclic amines) is 1. The fraction of sp³-hybridized carbons (Fsp3) is 0.500. The molecule has 1 aromatic carbocycles. The molecule has 1 N–H and O–H groups in total. The summed E-state index contributed by atoms with van der Waals surface area (Å²) in [6.07, 6.45) is 4.31. The Bertz CT molecular complexity index is 906. The molecule has 166 valence electrons. The molecule has 0 spiro atoms. The zero-order chi connectivity index (χ0) is 21.6. The molecule has 1 aromatic heterocycles. The molecule has 7 heteroatoms. The van der Waals surface area contributed by atoms with Crippen LogP contribution in [-0.4, -0.2) is 54.5 Å². The molecule has 2 aliphatic rings. The number of nitrogens with zero attached hydrogens (tertiary/aromatic N) is 2. The highest BCUT2D eigenvalue weighted by atomic mass is 32.1. The van der Waals surface area contributed by atoms with Crippen molar-refractivity contribution in [1.82, 2.24) is 9.80 Å². The summed E-state index contributed by atoms with van der Waals surface area (Å²) in [5.41, 5.74) is 2.89. The number of fused-ring (bicyclic) bond motifs is 1. The fourth-order valence-electron chi connectivity index (χ4n) is 4.43. The van der Waals surface area contributed by atoms with E-state index in [-0.39, 0.29) is 11.9 Å². The van der Waals surface area contributed by atoms with Crippen molar-refractivity contribution in [2.45, 2.75) is 45.7 Å². The second kappa shape index (κ2) is 10.4. The van der Waals surface area contributed by atoms with Gasteiger partial charge in [0.25, 0.3) is 0 Å². The maximum absolute atomic E-state index is 12.8. The van der Waals surface area contributed by atoms with Gasteiger partial charge in [0.2, 0.25) is 5.91 Å². The smallest absolute Gasteiger partial charge is 0.341 e. The Morgan fingerprint density at radius 1 is 1.06 bits per heavy atom. The summed E-state index contributed by atoms with van der Waals surface area (Å²) in [5.74, 6) is -0.378. The lowest BCUT2D eigenvalue weighted by atomic mass is 10.0. The maximum atomic E-state index is 12.8. The van der Waals surface area contributed by atoms with E-state index >= 15 is 0 Å². The predicted octanol–water partition coefficient (Wildman–Crippen LogP) is 3.91. The van der Waals surface area contributed by atoms with E-state index in [1.54, 1.807) is 0 Å². The molecular formula is C24H31N3O3S. The van der Waals surface area contributed by atoms with Gasteiger partial charge in [-0.1, -0.05) is 36.8 Å². The summed E-state index contributed by atoms with van der Waals surface area (Å²) in [6.45, 7) is 6.99. The first-order valence-electron chi connectivity index (χ1n) is 11.2. The number of anilines is 1. The molecule has 1 amide bonds. The van der Waals surface area contributed by atoms with Crippen LogP contribution in [0.25, 0.3) is 0 Å². The van der Waals surface area contributed by atoms with Crippen LogP contribution in [0, 0.1) is 0 Å². The number of esters is 1. The second-order valence-electron chi connectivity index (χ2n) is 8.26. The Kier molecular flexibility index (Phi) is 7.37. The minimum Gasteiger partial charge on any atom is -0.462 e. The number of hydrogen-bond acceptors (Lipinski definition) is 6. The zero-order valence-corrected chi connectivity index (χ0v) is 19.0. The van der Waals surface area contributed by atoms with E-state index in [0.29, 0.717) is 23.7 Å². The molecule has 0 aliphatic carbocycles. The number of ether oxygens (including phenoxy) is 1. The van der Waals surface area contributed by atoms with Crippen molar-refractivity contribution in [3.8, 4) is 0 Å². The van der Waals surface area contributed by atoms with Gasteiger partial charge in [-0.3, -0.25) is 14.6 Å². The van der Waals surface area contributed by atoms with Crippen molar-refractivity contribution in [2.75, 3.05) is 38.1 Å². The molecule has 0 unspecified atom stereocenters. The van der Waals surface area contributed by atoms with E-state index in [1.165, 1.54) is 23.3 Å². The lowest BCUT2D eigenvalue weighted by Crippen LogP contribution is -2.36. The van der Waals surface area contributed by atoms with Crippen LogP contribution in [0.5, 0.6) is 0 Å². The number of benzene rings is 1. The lowest BCUT2D eigenvalue weighted by Gasteiger charge is -2.27. The van der Waals surface area contributed by atoms with Crippen molar-refractivity contribution in [2.24, 2.45) is 0 Å². The van der Waals surface area contributed by atoms with Crippen molar-refractivity contribution in [3.63, 3.8) is 0 Å². The summed E-state index contributed by atoms with van der Waals surface area (Å²) in [6, 6.07) is 10.4. The highest BCUT2D eigenvalue weighted by Gasteiger charge is 2.29. The Balaban J connectivity index is 1.50. The quantitative estimate of drug-likeness (QED) is 0.660. The van der Waals surface area contributed by atoms with Gasteiger partial charge in [-0.2, -0.15) is 0 Å². The normalized spacial score (nSPS) is 17.2. The summed E-state index contributed by atoms with van der Waals surface area (Å²) >= 11 is 1.53. The maximum Gasteiger partial charge on any atom is 0.341 e. The van der Waals surface area contributed by atoms with Gasteiger partial charge in [-0.25, -0.2) is 4.79 Å². The first kappa shape index (κ1) is 22.0. The monoisotopic (exact) mass is 441 g/mol. The summed E-state index contributed by atoms with van der Waals surface area (Å²) in [4.78, 5) is 31.2. The standard InChI is InChI=1S/C24H31N3O3S/c1-2-30-24(29)22-19-11-14-27(15-18-9-5-3-6-10-18)16-20(19)31-23(22)25-21(28)17-26-12-7-4-8-13-26/h3,5-6,9-10H,2,4,7-8,11-17H2,1H3,(H,25,28). The van der Waals surface area contributed by atoms with Crippen LogP contribution in [0.4, 0.5) is 5.00 Å². The van der Waals surface area contributed by atoms with Gasteiger partial charge in [-0.15, -0.1) is 11.3 Å². The van der Waals surface area contributed by atoms with Crippen LogP contribution in [0.3, 0.4) is 0 Å². The van der Waals surface area contributed by atoms with Gasteiger partial charge in [0.1, 0.15) is 5.00 Å². The molecule has 0 saturated carbocycles. The molecule has 2 aliphatic heterocycles. The number of rotatable bonds is 7. The molecule has 2 aromatic rings. The van der Waals surface area contributed by atoms with E-state index in [1.807, 2.05) is 13.0 Å². The van der Waals surface area contributed by atoms with E-state index in [0.717, 1.165) is 62.4 Å². The number of nitrogens with one attached hydrogen (secondary N) is 1. The molecule has 0 radical (unpaired) electrons. The Labute approximate surface area is 188 Å². The second-order valence-corrected chi connectivity index (χ2v) is 9.36. The average Bonchev–Trinajstić information content (AvgIpc) is 3.12. The van der Waals surface area contributed by atoms with E-state index in [2.05, 4.69) is 39.4 Å². The predicted molar refractivity (Wildman–Crippen MR) is 123 cm³/mol. The zero-order valence-electron chi connectivity index (χ0n) is 18.2. The van der Waals surface area contributed by atoms with E-state index in [9.17, 15) is 9.59 Å². The van der Waals surface area contributed by atoms with Crippen molar-refractivity contribution in [1.29, 1.82) is 0 Å². The van der Waals surface area contributed by atoms with Crippen molar-refractivity contribution in [3.05, 3.63) is 51.9 Å². The minimum atomic E-state index is -0.329. The molecule has 31 heavy (non-hydrogen) atoms. The van der Waals surface area contributed by atoms with Gasteiger partial charge in [-0.05, 0) is 50.4 Å². The number of thiophene rings is 1. The number of carbonyl (C=O) groups is 2. The van der Waals surface area contributed by atoms with Crippen LogP contribution in [0.1, 0.15) is 52.5 Å². The fourth-order valence-corrected chi connectivity index (χ4v) is 5.72. The van der Waals surface area contributed by atoms with Crippen LogP contribution < -0.4 is 5.32 Å². The molecule has 3 heterocycles. The van der Waals surface area contributed by atoms with E-state index in [4.69, 9.17) is 4.74 Å². The van der Waals surface area contributed by atoms with Gasteiger partial charge in [0, 0.05) is 24.5 Å². The molecule has 1 saturated heterocycles. The van der Waals surface area contributed by atoms with Gasteiger partial charge in [0.05, 0.1) is 18.7 Å². The number of carbonyl (C=O) groups excluding carboxylic acids is 2. The molecule has 1 fully saturated rings. The Morgan fingerprint density at radius 3 is 2.58 bits per heavy atom. The number of amides is 1. The third-order valence-electron chi connectivity index (χ3n) is 5.93. The summed E-state index contributed by atoms with van der Waals surface area (Å²) in [7, 11) is 0. The van der Waals surface area contributed by atoms with Crippen LogP contribution >= 0.6 is 11.3 Å². The minimum absolute atomic E-state index is 0.0489. The lowest BCUT2D eigenvalue weighted by molar-refractivity contribution is -0.117.